The number of carbonyl (C=O) groups excluding carboxylic acids is 1. The molecule has 0 aliphatic rings. The van der Waals surface area contributed by atoms with Crippen molar-refractivity contribution >= 4 is 50.7 Å². The highest BCUT2D eigenvalue weighted by atomic mass is 79.9. The first-order chi connectivity index (χ1) is 9.92. The fourth-order valence-corrected chi connectivity index (χ4v) is 2.48. The van der Waals surface area contributed by atoms with Crippen LogP contribution in [0.2, 0.25) is 10.0 Å². The number of halogens is 3. The van der Waals surface area contributed by atoms with E-state index in [0.717, 1.165) is 0 Å². The number of hydrogen-bond acceptors (Lipinski definition) is 3. The van der Waals surface area contributed by atoms with Gasteiger partial charge in [-0.15, -0.1) is 0 Å². The molecule has 0 fully saturated rings. The van der Waals surface area contributed by atoms with E-state index >= 15 is 0 Å². The van der Waals surface area contributed by atoms with Crippen molar-refractivity contribution in [2.45, 2.75) is 0 Å². The Hall–Kier alpha value is -1.43. The van der Waals surface area contributed by atoms with Crippen molar-refractivity contribution in [1.82, 2.24) is 5.32 Å². The summed E-state index contributed by atoms with van der Waals surface area (Å²) >= 11 is 15.4. The molecule has 0 aliphatic heterocycles. The second-order valence-electron chi connectivity index (χ2n) is 4.13. The molecule has 21 heavy (non-hydrogen) atoms. The first-order valence-electron chi connectivity index (χ1n) is 5.86. The number of benzene rings is 2. The van der Waals surface area contributed by atoms with E-state index in [2.05, 4.69) is 21.2 Å². The minimum Gasteiger partial charge on any atom is -0.455 e. The summed E-state index contributed by atoms with van der Waals surface area (Å²) in [6, 6.07) is 7.93. The van der Waals surface area contributed by atoms with E-state index in [1.807, 2.05) is 0 Å². The Labute approximate surface area is 140 Å². The van der Waals surface area contributed by atoms with Crippen LogP contribution in [0.1, 0.15) is 10.4 Å². The highest BCUT2D eigenvalue weighted by Gasteiger charge is 2.15. The van der Waals surface area contributed by atoms with Gasteiger partial charge in [0.25, 0.3) is 5.91 Å². The average molecular weight is 390 g/mol. The number of hydrogen-bond donors (Lipinski definition) is 2. The Kier molecular flexibility index (Phi) is 4.98. The lowest BCUT2D eigenvalue weighted by Crippen LogP contribution is -2.18. The standard InChI is InChI=1S/C14H11BrCl2N2O2/c1-19-14(20)8-3-2-7(18)4-12(8)21-13-6-10(16)9(15)5-11(13)17/h2-6H,18H2,1H3,(H,19,20). The number of ether oxygens (including phenoxy) is 1. The van der Waals surface area contributed by atoms with Crippen molar-refractivity contribution in [2.24, 2.45) is 0 Å². The van der Waals surface area contributed by atoms with Crippen molar-refractivity contribution in [3.8, 4) is 11.5 Å². The molecule has 1 amide bonds. The Morgan fingerprint density at radius 1 is 1.19 bits per heavy atom. The molecule has 0 unspecified atom stereocenters. The van der Waals surface area contributed by atoms with Crippen LogP contribution in [0.5, 0.6) is 11.5 Å². The highest BCUT2D eigenvalue weighted by molar-refractivity contribution is 9.10. The van der Waals surface area contributed by atoms with E-state index in [1.165, 1.54) is 7.05 Å². The number of rotatable bonds is 3. The monoisotopic (exact) mass is 388 g/mol. The lowest BCUT2D eigenvalue weighted by atomic mass is 10.1. The van der Waals surface area contributed by atoms with Gasteiger partial charge in [-0.3, -0.25) is 4.79 Å². The summed E-state index contributed by atoms with van der Waals surface area (Å²) in [7, 11) is 1.53. The molecule has 110 valence electrons. The largest absolute Gasteiger partial charge is 0.455 e. The summed E-state index contributed by atoms with van der Waals surface area (Å²) in [6.07, 6.45) is 0. The third-order valence-electron chi connectivity index (χ3n) is 2.67. The summed E-state index contributed by atoms with van der Waals surface area (Å²) in [5.41, 5.74) is 6.55. The first kappa shape index (κ1) is 15.9. The fraction of sp³-hybridized carbons (Fsp3) is 0.0714. The molecule has 2 aromatic rings. The molecule has 4 nitrogen and oxygen atoms in total. The minimum absolute atomic E-state index is 0.288. The molecule has 3 N–H and O–H groups in total. The highest BCUT2D eigenvalue weighted by Crippen LogP contribution is 2.37. The number of carbonyl (C=O) groups is 1. The van der Waals surface area contributed by atoms with Crippen molar-refractivity contribution in [3.63, 3.8) is 0 Å². The summed E-state index contributed by atoms with van der Waals surface area (Å²) in [5.74, 6) is 0.347. The van der Waals surface area contributed by atoms with E-state index in [9.17, 15) is 4.79 Å². The molecular weight excluding hydrogens is 379 g/mol. The van der Waals surface area contributed by atoms with Crippen LogP contribution in [-0.4, -0.2) is 13.0 Å². The summed E-state index contributed by atoms with van der Waals surface area (Å²) < 4.78 is 6.36. The number of amides is 1. The first-order valence-corrected chi connectivity index (χ1v) is 7.41. The zero-order valence-electron chi connectivity index (χ0n) is 10.9. The SMILES string of the molecule is CNC(=O)c1ccc(N)cc1Oc1cc(Cl)c(Br)cc1Cl. The van der Waals surface area contributed by atoms with Crippen LogP contribution in [0.15, 0.2) is 34.8 Å². The van der Waals surface area contributed by atoms with Gasteiger partial charge in [-0.25, -0.2) is 0 Å². The average Bonchev–Trinajstić information content (AvgIpc) is 2.44. The van der Waals surface area contributed by atoms with Gasteiger partial charge in [0.1, 0.15) is 11.5 Å². The maximum absolute atomic E-state index is 11.8. The van der Waals surface area contributed by atoms with Crippen LogP contribution < -0.4 is 15.8 Å². The lowest BCUT2D eigenvalue weighted by molar-refractivity contribution is 0.0961. The second-order valence-corrected chi connectivity index (χ2v) is 5.80. The molecule has 7 heteroatoms. The summed E-state index contributed by atoms with van der Waals surface area (Å²) in [5, 5.41) is 3.34. The van der Waals surface area contributed by atoms with Crippen molar-refractivity contribution in [3.05, 3.63) is 50.4 Å². The van der Waals surface area contributed by atoms with E-state index in [1.54, 1.807) is 30.3 Å². The van der Waals surface area contributed by atoms with Crippen LogP contribution in [-0.2, 0) is 0 Å². The Morgan fingerprint density at radius 3 is 2.57 bits per heavy atom. The number of anilines is 1. The predicted octanol–water partition coefficient (Wildman–Crippen LogP) is 4.49. The third-order valence-corrected chi connectivity index (χ3v) is 4.16. The lowest BCUT2D eigenvalue weighted by Gasteiger charge is -2.13. The number of nitrogens with two attached hydrogens (primary N) is 1. The molecule has 0 saturated carbocycles. The van der Waals surface area contributed by atoms with E-state index in [-0.39, 0.29) is 5.91 Å². The van der Waals surface area contributed by atoms with Crippen LogP contribution in [0.4, 0.5) is 5.69 Å². The molecule has 2 aromatic carbocycles. The van der Waals surface area contributed by atoms with Crippen molar-refractivity contribution in [2.75, 3.05) is 12.8 Å². The van der Waals surface area contributed by atoms with Crippen molar-refractivity contribution < 1.29 is 9.53 Å². The van der Waals surface area contributed by atoms with Gasteiger partial charge in [0, 0.05) is 29.3 Å². The number of nitrogen functional groups attached to an aromatic ring is 1. The molecule has 2 rings (SSSR count). The van der Waals surface area contributed by atoms with Crippen molar-refractivity contribution in [1.29, 1.82) is 0 Å². The molecule has 0 atom stereocenters. The minimum atomic E-state index is -0.288. The Balaban J connectivity index is 2.46. The second kappa shape index (κ2) is 6.56. The molecule has 0 heterocycles. The summed E-state index contributed by atoms with van der Waals surface area (Å²) in [4.78, 5) is 11.8. The molecule has 0 saturated heterocycles. The van der Waals surface area contributed by atoms with Gasteiger partial charge in [-0.05, 0) is 34.1 Å². The maximum Gasteiger partial charge on any atom is 0.254 e. The number of nitrogens with one attached hydrogen (secondary N) is 1. The van der Waals surface area contributed by atoms with Gasteiger partial charge in [0.15, 0.2) is 0 Å². The topological polar surface area (TPSA) is 64.4 Å². The smallest absolute Gasteiger partial charge is 0.254 e. The molecule has 0 aliphatic carbocycles. The predicted molar refractivity (Wildman–Crippen MR) is 88.5 cm³/mol. The van der Waals surface area contributed by atoms with Gasteiger partial charge in [0.2, 0.25) is 0 Å². The zero-order chi connectivity index (χ0) is 15.6. The Morgan fingerprint density at radius 2 is 1.90 bits per heavy atom. The van der Waals surface area contributed by atoms with Gasteiger partial charge in [0.05, 0.1) is 15.6 Å². The van der Waals surface area contributed by atoms with Gasteiger partial charge >= 0.3 is 0 Å². The quantitative estimate of drug-likeness (QED) is 0.600. The Bertz CT molecular complexity index is 708. The molecule has 0 aromatic heterocycles. The van der Waals surface area contributed by atoms with Gasteiger partial charge in [-0.2, -0.15) is 0 Å². The van der Waals surface area contributed by atoms with Crippen LogP contribution >= 0.6 is 39.1 Å². The third kappa shape index (κ3) is 3.61. The van der Waals surface area contributed by atoms with Gasteiger partial charge < -0.3 is 15.8 Å². The molecule has 0 spiro atoms. The van der Waals surface area contributed by atoms with E-state index in [0.29, 0.717) is 37.3 Å². The van der Waals surface area contributed by atoms with Gasteiger partial charge in [-0.1, -0.05) is 23.2 Å². The van der Waals surface area contributed by atoms with E-state index in [4.69, 9.17) is 33.7 Å². The normalized spacial score (nSPS) is 10.3. The fourth-order valence-electron chi connectivity index (χ4n) is 1.65. The molecular formula is C14H11BrCl2N2O2. The maximum atomic E-state index is 11.8. The van der Waals surface area contributed by atoms with Crippen LogP contribution in [0.25, 0.3) is 0 Å². The summed E-state index contributed by atoms with van der Waals surface area (Å²) in [6.45, 7) is 0. The van der Waals surface area contributed by atoms with Crippen LogP contribution in [0, 0.1) is 0 Å². The van der Waals surface area contributed by atoms with E-state index < -0.39 is 0 Å². The zero-order valence-corrected chi connectivity index (χ0v) is 14.0. The molecule has 0 bridgehead atoms. The molecule has 0 radical (unpaired) electrons. The van der Waals surface area contributed by atoms with Crippen LogP contribution in [0.3, 0.4) is 0 Å².